The van der Waals surface area contributed by atoms with E-state index in [1.54, 1.807) is 0 Å². The number of hydrogen-bond acceptors (Lipinski definition) is 9. The number of carbonyl (C=O) groups is 2. The minimum Gasteiger partial charge on any atom is -0.463 e. The second kappa shape index (κ2) is 9.55. The second-order valence-corrected chi connectivity index (χ2v) is 6.22. The van der Waals surface area contributed by atoms with E-state index in [0.717, 1.165) is 12.1 Å². The SMILES string of the molecule is COC(=O)c1nc(-c2cn(-c3ccc(C(F)(F)F)cc3)nn2)n(COCCOC(C)=O)n1. The lowest BCUT2D eigenvalue weighted by atomic mass is 10.2. The highest BCUT2D eigenvalue weighted by molar-refractivity contribution is 5.85. The van der Waals surface area contributed by atoms with Crippen molar-refractivity contribution in [2.75, 3.05) is 20.3 Å². The van der Waals surface area contributed by atoms with Crippen molar-refractivity contribution in [1.29, 1.82) is 0 Å². The molecule has 0 atom stereocenters. The normalized spacial score (nSPS) is 11.4. The number of methoxy groups -OCH3 is 1. The van der Waals surface area contributed by atoms with Crippen molar-refractivity contribution in [3.63, 3.8) is 0 Å². The van der Waals surface area contributed by atoms with E-state index in [-0.39, 0.29) is 37.3 Å². The Balaban J connectivity index is 1.82. The van der Waals surface area contributed by atoms with E-state index in [9.17, 15) is 22.8 Å². The number of nitrogens with zero attached hydrogens (tertiary/aromatic N) is 6. The van der Waals surface area contributed by atoms with Crippen LogP contribution >= 0.6 is 0 Å². The van der Waals surface area contributed by atoms with Gasteiger partial charge < -0.3 is 14.2 Å². The maximum absolute atomic E-state index is 12.8. The summed E-state index contributed by atoms with van der Waals surface area (Å²) in [7, 11) is 1.17. The Morgan fingerprint density at radius 2 is 1.84 bits per heavy atom. The molecule has 0 fully saturated rings. The summed E-state index contributed by atoms with van der Waals surface area (Å²) in [6.07, 6.45) is -3.05. The van der Waals surface area contributed by atoms with Crippen LogP contribution in [0.25, 0.3) is 17.2 Å². The highest BCUT2D eigenvalue weighted by Crippen LogP contribution is 2.29. The van der Waals surface area contributed by atoms with Crippen molar-refractivity contribution in [3.8, 4) is 17.2 Å². The predicted octanol–water partition coefficient (Wildman–Crippen LogP) is 1.87. The number of benzene rings is 1. The van der Waals surface area contributed by atoms with Gasteiger partial charge in [0, 0.05) is 6.92 Å². The van der Waals surface area contributed by atoms with E-state index in [1.165, 1.54) is 41.7 Å². The minimum atomic E-state index is -4.46. The van der Waals surface area contributed by atoms with Crippen LogP contribution in [0, 0.1) is 0 Å². The molecule has 0 saturated heterocycles. The molecule has 170 valence electrons. The molecule has 0 radical (unpaired) electrons. The molecule has 3 rings (SSSR count). The molecule has 2 aromatic heterocycles. The first kappa shape index (κ1) is 22.9. The Morgan fingerprint density at radius 1 is 1.12 bits per heavy atom. The van der Waals surface area contributed by atoms with Gasteiger partial charge in [-0.25, -0.2) is 14.2 Å². The quantitative estimate of drug-likeness (QED) is 0.371. The largest absolute Gasteiger partial charge is 0.463 e. The summed E-state index contributed by atoms with van der Waals surface area (Å²) in [5.74, 6) is -1.39. The second-order valence-electron chi connectivity index (χ2n) is 6.22. The molecule has 0 saturated carbocycles. The Kier molecular flexibility index (Phi) is 6.82. The summed E-state index contributed by atoms with van der Waals surface area (Å²) < 4.78 is 55.5. The van der Waals surface area contributed by atoms with E-state index in [4.69, 9.17) is 9.47 Å². The highest BCUT2D eigenvalue weighted by atomic mass is 19.4. The van der Waals surface area contributed by atoms with Gasteiger partial charge >= 0.3 is 18.1 Å². The molecule has 0 bridgehead atoms. The minimum absolute atomic E-state index is 0.0212. The number of alkyl halides is 3. The van der Waals surface area contributed by atoms with Gasteiger partial charge in [0.05, 0.1) is 31.2 Å². The third kappa shape index (κ3) is 5.46. The third-order valence-corrected chi connectivity index (χ3v) is 3.97. The van der Waals surface area contributed by atoms with Crippen LogP contribution in [0.3, 0.4) is 0 Å². The molecule has 0 spiro atoms. The summed E-state index contributed by atoms with van der Waals surface area (Å²) in [5, 5.41) is 11.8. The number of carbonyl (C=O) groups excluding carboxylic acids is 2. The zero-order valence-electron chi connectivity index (χ0n) is 16.9. The van der Waals surface area contributed by atoms with Crippen LogP contribution in [-0.2, 0) is 31.9 Å². The molecule has 0 N–H and O–H groups in total. The zero-order chi connectivity index (χ0) is 23.3. The van der Waals surface area contributed by atoms with E-state index in [1.807, 2.05) is 0 Å². The first-order valence-electron chi connectivity index (χ1n) is 9.03. The number of halogens is 3. The molecule has 11 nitrogen and oxygen atoms in total. The Labute approximate surface area is 178 Å². The highest BCUT2D eigenvalue weighted by Gasteiger charge is 2.30. The molecule has 2 heterocycles. The van der Waals surface area contributed by atoms with Gasteiger partial charge in [0.1, 0.15) is 13.3 Å². The fourth-order valence-corrected chi connectivity index (χ4v) is 2.49. The molecule has 32 heavy (non-hydrogen) atoms. The lowest BCUT2D eigenvalue weighted by molar-refractivity contribution is -0.143. The molecule has 0 aliphatic carbocycles. The monoisotopic (exact) mass is 454 g/mol. The van der Waals surface area contributed by atoms with Gasteiger partial charge in [-0.05, 0) is 24.3 Å². The average Bonchev–Trinajstić information content (AvgIpc) is 3.39. The van der Waals surface area contributed by atoms with E-state index in [0.29, 0.717) is 5.69 Å². The lowest BCUT2D eigenvalue weighted by Gasteiger charge is -2.07. The Bertz CT molecular complexity index is 1090. The molecular formula is C18H17F3N6O5. The summed E-state index contributed by atoms with van der Waals surface area (Å²) >= 11 is 0. The van der Waals surface area contributed by atoms with Crippen LogP contribution in [0.1, 0.15) is 23.1 Å². The van der Waals surface area contributed by atoms with Crippen LogP contribution < -0.4 is 0 Å². The van der Waals surface area contributed by atoms with Gasteiger partial charge in [-0.3, -0.25) is 4.79 Å². The van der Waals surface area contributed by atoms with E-state index in [2.05, 4.69) is 25.1 Å². The van der Waals surface area contributed by atoms with Gasteiger partial charge in [-0.1, -0.05) is 5.21 Å². The maximum Gasteiger partial charge on any atom is 0.416 e. The molecule has 0 amide bonds. The molecule has 1 aromatic carbocycles. The standard InChI is InChI=1S/C18H17F3N6O5/c1-11(28)32-8-7-31-10-27-16(22-15(24-27)17(29)30-2)14-9-26(25-23-14)13-5-3-12(4-6-13)18(19,20)21/h3-6,9H,7-8,10H2,1-2H3. The van der Waals surface area contributed by atoms with E-state index < -0.39 is 23.7 Å². The molecule has 3 aromatic rings. The number of esters is 2. The van der Waals surface area contributed by atoms with Crippen LogP contribution in [0.2, 0.25) is 0 Å². The van der Waals surface area contributed by atoms with Gasteiger partial charge in [-0.15, -0.1) is 10.2 Å². The average molecular weight is 454 g/mol. The van der Waals surface area contributed by atoms with Crippen molar-refractivity contribution >= 4 is 11.9 Å². The number of rotatable bonds is 8. The van der Waals surface area contributed by atoms with Gasteiger partial charge in [0.15, 0.2) is 11.5 Å². The van der Waals surface area contributed by atoms with Crippen molar-refractivity contribution in [1.82, 2.24) is 29.8 Å². The lowest BCUT2D eigenvalue weighted by Crippen LogP contribution is -2.12. The first-order valence-corrected chi connectivity index (χ1v) is 9.03. The molecule has 0 aliphatic heterocycles. The smallest absolute Gasteiger partial charge is 0.416 e. The summed E-state index contributed by atoms with van der Waals surface area (Å²) in [5.41, 5.74) is -0.292. The van der Waals surface area contributed by atoms with E-state index >= 15 is 0 Å². The number of ether oxygens (including phenoxy) is 3. The number of hydrogen-bond donors (Lipinski definition) is 0. The summed E-state index contributed by atoms with van der Waals surface area (Å²) in [6.45, 7) is 1.18. The van der Waals surface area contributed by atoms with Crippen LogP contribution in [0.15, 0.2) is 30.5 Å². The van der Waals surface area contributed by atoms with Crippen molar-refractivity contribution in [3.05, 3.63) is 41.9 Å². The first-order chi connectivity index (χ1) is 15.2. The Hall–Kier alpha value is -3.81. The van der Waals surface area contributed by atoms with Crippen molar-refractivity contribution < 1.29 is 37.0 Å². The zero-order valence-corrected chi connectivity index (χ0v) is 16.9. The molecular weight excluding hydrogens is 437 g/mol. The third-order valence-electron chi connectivity index (χ3n) is 3.97. The van der Waals surface area contributed by atoms with Crippen molar-refractivity contribution in [2.24, 2.45) is 0 Å². The maximum atomic E-state index is 12.8. The summed E-state index contributed by atoms with van der Waals surface area (Å²) in [4.78, 5) is 26.7. The predicted molar refractivity (Wildman–Crippen MR) is 99.3 cm³/mol. The molecule has 0 aliphatic rings. The Morgan fingerprint density at radius 3 is 2.47 bits per heavy atom. The van der Waals surface area contributed by atoms with Gasteiger partial charge in [0.2, 0.25) is 0 Å². The topological polar surface area (TPSA) is 123 Å². The molecule has 14 heteroatoms. The van der Waals surface area contributed by atoms with Crippen LogP contribution in [-0.4, -0.2) is 62.0 Å². The summed E-state index contributed by atoms with van der Waals surface area (Å²) in [6, 6.07) is 4.32. The van der Waals surface area contributed by atoms with Gasteiger partial charge in [-0.2, -0.15) is 18.2 Å². The number of aromatic nitrogens is 6. The molecule has 0 unspecified atom stereocenters. The van der Waals surface area contributed by atoms with Gasteiger partial charge in [0.25, 0.3) is 5.82 Å². The fourth-order valence-electron chi connectivity index (χ4n) is 2.49. The van der Waals surface area contributed by atoms with Crippen LogP contribution in [0.5, 0.6) is 0 Å². The van der Waals surface area contributed by atoms with Crippen LogP contribution in [0.4, 0.5) is 13.2 Å². The van der Waals surface area contributed by atoms with Crippen molar-refractivity contribution in [2.45, 2.75) is 19.8 Å². The fraction of sp³-hybridized carbons (Fsp3) is 0.333.